The molecule has 6 heteroatoms. The van der Waals surface area contributed by atoms with Crippen molar-refractivity contribution in [3.63, 3.8) is 0 Å². The van der Waals surface area contributed by atoms with E-state index in [4.69, 9.17) is 4.74 Å². The molecule has 1 unspecified atom stereocenters. The Morgan fingerprint density at radius 3 is 2.70 bits per heavy atom. The van der Waals surface area contributed by atoms with Crippen LogP contribution in [-0.4, -0.2) is 13.0 Å². The third kappa shape index (κ3) is 3.52. The summed E-state index contributed by atoms with van der Waals surface area (Å²) in [5.41, 5.74) is 2.60. The van der Waals surface area contributed by atoms with Gasteiger partial charge >= 0.3 is 6.36 Å². The molecular weight excluding hydrogens is 307 g/mol. The van der Waals surface area contributed by atoms with Gasteiger partial charge in [-0.1, -0.05) is 18.2 Å². The van der Waals surface area contributed by atoms with Crippen LogP contribution in [0.3, 0.4) is 0 Å². The van der Waals surface area contributed by atoms with Crippen molar-refractivity contribution >= 4 is 5.69 Å². The lowest BCUT2D eigenvalue weighted by atomic mass is 10.0. The summed E-state index contributed by atoms with van der Waals surface area (Å²) in [4.78, 5) is 0. The normalized spacial score (nSPS) is 16.6. The average Bonchev–Trinajstić information content (AvgIpc) is 2.89. The number of rotatable bonds is 4. The Labute approximate surface area is 132 Å². The van der Waals surface area contributed by atoms with Crippen molar-refractivity contribution in [1.29, 1.82) is 0 Å². The highest BCUT2D eigenvalue weighted by atomic mass is 19.4. The summed E-state index contributed by atoms with van der Waals surface area (Å²) in [6, 6.07) is 12.0. The highest BCUT2D eigenvalue weighted by Crippen LogP contribution is 2.39. The molecular formula is C17H16F3NO2. The van der Waals surface area contributed by atoms with Gasteiger partial charge in [-0.15, -0.1) is 13.2 Å². The molecule has 3 rings (SSSR count). The van der Waals surface area contributed by atoms with Gasteiger partial charge in [-0.2, -0.15) is 0 Å². The molecule has 1 N–H and O–H groups in total. The SMILES string of the molecule is CCOc1ccccc1C1Cc2cc(OC(F)(F)F)ccc2N1. The molecule has 3 nitrogen and oxygen atoms in total. The molecule has 2 aromatic rings. The molecule has 0 radical (unpaired) electrons. The summed E-state index contributed by atoms with van der Waals surface area (Å²) < 4.78 is 46.6. The molecule has 1 aliphatic rings. The van der Waals surface area contributed by atoms with Crippen LogP contribution < -0.4 is 14.8 Å². The zero-order valence-electron chi connectivity index (χ0n) is 12.5. The smallest absolute Gasteiger partial charge is 0.494 e. The van der Waals surface area contributed by atoms with Gasteiger partial charge in [-0.3, -0.25) is 0 Å². The van der Waals surface area contributed by atoms with Crippen molar-refractivity contribution in [1.82, 2.24) is 0 Å². The number of ether oxygens (including phenoxy) is 2. The van der Waals surface area contributed by atoms with Gasteiger partial charge in [-0.05, 0) is 43.2 Å². The lowest BCUT2D eigenvalue weighted by molar-refractivity contribution is -0.274. The minimum Gasteiger partial charge on any atom is -0.494 e. The van der Waals surface area contributed by atoms with Crippen LogP contribution in [0.4, 0.5) is 18.9 Å². The summed E-state index contributed by atoms with van der Waals surface area (Å²) in [5.74, 6) is 0.587. The van der Waals surface area contributed by atoms with E-state index >= 15 is 0 Å². The first-order valence-corrected chi connectivity index (χ1v) is 7.33. The fourth-order valence-corrected chi connectivity index (χ4v) is 2.78. The largest absolute Gasteiger partial charge is 0.573 e. The van der Waals surface area contributed by atoms with Gasteiger partial charge in [0.2, 0.25) is 0 Å². The number of hydrogen-bond donors (Lipinski definition) is 1. The van der Waals surface area contributed by atoms with E-state index in [2.05, 4.69) is 10.1 Å². The second-order valence-corrected chi connectivity index (χ2v) is 5.24. The first-order chi connectivity index (χ1) is 11.0. The molecule has 0 spiro atoms. The Morgan fingerprint density at radius 2 is 1.96 bits per heavy atom. The Balaban J connectivity index is 1.82. The van der Waals surface area contributed by atoms with Crippen LogP contribution in [0.5, 0.6) is 11.5 Å². The van der Waals surface area contributed by atoms with Crippen LogP contribution in [0.1, 0.15) is 24.1 Å². The number of alkyl halides is 3. The van der Waals surface area contributed by atoms with Gasteiger partial charge in [0.15, 0.2) is 0 Å². The van der Waals surface area contributed by atoms with Crippen molar-refractivity contribution in [2.45, 2.75) is 25.7 Å². The minimum absolute atomic E-state index is 0.0334. The number of halogens is 3. The maximum absolute atomic E-state index is 12.3. The number of benzene rings is 2. The van der Waals surface area contributed by atoms with Gasteiger partial charge in [-0.25, -0.2) is 0 Å². The second-order valence-electron chi connectivity index (χ2n) is 5.24. The van der Waals surface area contributed by atoms with Crippen LogP contribution in [-0.2, 0) is 6.42 Å². The van der Waals surface area contributed by atoms with Crippen LogP contribution in [0, 0.1) is 0 Å². The summed E-state index contributed by atoms with van der Waals surface area (Å²) in [7, 11) is 0. The van der Waals surface area contributed by atoms with Crippen molar-refractivity contribution in [3.05, 3.63) is 53.6 Å². The van der Waals surface area contributed by atoms with E-state index in [-0.39, 0.29) is 11.8 Å². The third-order valence-corrected chi connectivity index (χ3v) is 3.66. The molecule has 0 saturated carbocycles. The van der Waals surface area contributed by atoms with Crippen LogP contribution in [0.25, 0.3) is 0 Å². The number of para-hydroxylation sites is 1. The van der Waals surface area contributed by atoms with Crippen molar-refractivity contribution in [3.8, 4) is 11.5 Å². The first kappa shape index (κ1) is 15.5. The Kier molecular flexibility index (Phi) is 4.07. The quantitative estimate of drug-likeness (QED) is 0.885. The van der Waals surface area contributed by atoms with E-state index in [1.807, 2.05) is 31.2 Å². The molecule has 23 heavy (non-hydrogen) atoms. The number of fused-ring (bicyclic) bond motifs is 1. The summed E-state index contributed by atoms with van der Waals surface area (Å²) >= 11 is 0. The van der Waals surface area contributed by atoms with E-state index in [1.54, 1.807) is 6.07 Å². The maximum Gasteiger partial charge on any atom is 0.573 e. The molecule has 122 valence electrons. The summed E-state index contributed by atoms with van der Waals surface area (Å²) in [6.45, 7) is 2.47. The van der Waals surface area contributed by atoms with E-state index < -0.39 is 6.36 Å². The standard InChI is InChI=1S/C17H16F3NO2/c1-2-22-16-6-4-3-5-13(16)15-10-11-9-12(23-17(18,19)20)7-8-14(11)21-15/h3-9,15,21H,2,10H2,1H3. The fourth-order valence-electron chi connectivity index (χ4n) is 2.78. The summed E-state index contributed by atoms with van der Waals surface area (Å²) in [5, 5.41) is 3.32. The molecule has 0 aromatic heterocycles. The number of nitrogens with one attached hydrogen (secondary N) is 1. The monoisotopic (exact) mass is 323 g/mol. The third-order valence-electron chi connectivity index (χ3n) is 3.66. The molecule has 2 aromatic carbocycles. The van der Waals surface area contributed by atoms with Crippen molar-refractivity contribution in [2.75, 3.05) is 11.9 Å². The number of hydrogen-bond acceptors (Lipinski definition) is 3. The zero-order valence-corrected chi connectivity index (χ0v) is 12.5. The molecule has 0 saturated heterocycles. The molecule has 1 heterocycles. The van der Waals surface area contributed by atoms with Crippen molar-refractivity contribution < 1.29 is 22.6 Å². The van der Waals surface area contributed by atoms with E-state index in [0.717, 1.165) is 22.6 Å². The second kappa shape index (κ2) is 6.02. The Morgan fingerprint density at radius 1 is 1.17 bits per heavy atom. The molecule has 0 amide bonds. The first-order valence-electron chi connectivity index (χ1n) is 7.33. The zero-order chi connectivity index (χ0) is 16.4. The van der Waals surface area contributed by atoms with Gasteiger partial charge in [0, 0.05) is 11.3 Å². The Bertz CT molecular complexity index is 700. The summed E-state index contributed by atoms with van der Waals surface area (Å²) in [6.07, 6.45) is -4.10. The van der Waals surface area contributed by atoms with Gasteiger partial charge < -0.3 is 14.8 Å². The molecule has 0 aliphatic carbocycles. The maximum atomic E-state index is 12.3. The lowest BCUT2D eigenvalue weighted by Gasteiger charge is -2.16. The van der Waals surface area contributed by atoms with Gasteiger partial charge in [0.1, 0.15) is 11.5 Å². The van der Waals surface area contributed by atoms with Crippen molar-refractivity contribution in [2.24, 2.45) is 0 Å². The highest BCUT2D eigenvalue weighted by Gasteiger charge is 2.32. The van der Waals surface area contributed by atoms with E-state index in [0.29, 0.717) is 13.0 Å². The van der Waals surface area contributed by atoms with E-state index in [1.165, 1.54) is 12.1 Å². The van der Waals surface area contributed by atoms with Crippen LogP contribution in [0.2, 0.25) is 0 Å². The molecule has 1 atom stereocenters. The number of anilines is 1. The van der Waals surface area contributed by atoms with Crippen LogP contribution >= 0.6 is 0 Å². The van der Waals surface area contributed by atoms with Gasteiger partial charge in [0.25, 0.3) is 0 Å². The van der Waals surface area contributed by atoms with E-state index in [9.17, 15) is 13.2 Å². The van der Waals surface area contributed by atoms with Crippen LogP contribution in [0.15, 0.2) is 42.5 Å². The van der Waals surface area contributed by atoms with Gasteiger partial charge in [0.05, 0.1) is 12.6 Å². The highest BCUT2D eigenvalue weighted by molar-refractivity contribution is 5.61. The topological polar surface area (TPSA) is 30.5 Å². The molecule has 0 fully saturated rings. The molecule has 0 bridgehead atoms. The lowest BCUT2D eigenvalue weighted by Crippen LogP contribution is -2.17. The minimum atomic E-state index is -4.68. The Hall–Kier alpha value is -2.37. The average molecular weight is 323 g/mol. The predicted molar refractivity (Wildman–Crippen MR) is 80.8 cm³/mol. The fraction of sp³-hybridized carbons (Fsp3) is 0.294. The molecule has 1 aliphatic heterocycles. The predicted octanol–water partition coefficient (Wildman–Crippen LogP) is 4.69.